The second-order valence-corrected chi connectivity index (χ2v) is 9.69. The van der Waals surface area contributed by atoms with Crippen LogP contribution in [0.15, 0.2) is 47.4 Å². The van der Waals surface area contributed by atoms with Crippen LogP contribution in [0.4, 0.5) is 4.39 Å². The highest BCUT2D eigenvalue weighted by molar-refractivity contribution is 7.90. The largest absolute Gasteiger partial charge is 0.351 e. The third-order valence-electron chi connectivity index (χ3n) is 6.16. The molecular formula is C22H23FN2O4S. The van der Waals surface area contributed by atoms with Crippen LogP contribution in [0.1, 0.15) is 58.9 Å². The lowest BCUT2D eigenvalue weighted by atomic mass is 9.78. The molecule has 8 heteroatoms. The molecule has 0 atom stereocenters. The van der Waals surface area contributed by atoms with Crippen LogP contribution in [0.2, 0.25) is 0 Å². The molecule has 1 fully saturated rings. The van der Waals surface area contributed by atoms with Crippen molar-refractivity contribution in [2.75, 3.05) is 13.1 Å². The highest BCUT2D eigenvalue weighted by atomic mass is 32.2. The zero-order valence-corrected chi connectivity index (χ0v) is 17.5. The molecule has 0 bridgehead atoms. The molecule has 2 aromatic rings. The minimum absolute atomic E-state index is 0.0393. The van der Waals surface area contributed by atoms with Gasteiger partial charge in [0.25, 0.3) is 21.8 Å². The Balaban J connectivity index is 1.57. The van der Waals surface area contributed by atoms with E-state index in [1.165, 1.54) is 30.3 Å². The predicted molar refractivity (Wildman–Crippen MR) is 109 cm³/mol. The van der Waals surface area contributed by atoms with Crippen molar-refractivity contribution in [3.8, 4) is 0 Å². The summed E-state index contributed by atoms with van der Waals surface area (Å²) in [5.74, 6) is -1.27. The fourth-order valence-electron chi connectivity index (χ4n) is 4.50. The minimum Gasteiger partial charge on any atom is -0.351 e. The van der Waals surface area contributed by atoms with Crippen molar-refractivity contribution >= 4 is 21.8 Å². The van der Waals surface area contributed by atoms with E-state index < -0.39 is 21.8 Å². The Labute approximate surface area is 175 Å². The lowest BCUT2D eigenvalue weighted by Crippen LogP contribution is -2.39. The first kappa shape index (κ1) is 20.5. The Morgan fingerprint density at radius 1 is 1.13 bits per heavy atom. The van der Waals surface area contributed by atoms with Crippen LogP contribution in [-0.4, -0.2) is 37.6 Å². The number of amides is 2. The Kier molecular flexibility index (Phi) is 5.13. The first-order chi connectivity index (χ1) is 14.3. The van der Waals surface area contributed by atoms with Gasteiger partial charge in [-0.1, -0.05) is 25.0 Å². The van der Waals surface area contributed by atoms with Gasteiger partial charge in [0.2, 0.25) is 0 Å². The van der Waals surface area contributed by atoms with E-state index >= 15 is 0 Å². The zero-order chi connectivity index (χ0) is 21.5. The second kappa shape index (κ2) is 7.50. The van der Waals surface area contributed by atoms with Gasteiger partial charge in [-0.25, -0.2) is 17.1 Å². The molecule has 1 aliphatic heterocycles. The maximum atomic E-state index is 13.3. The zero-order valence-electron chi connectivity index (χ0n) is 16.7. The van der Waals surface area contributed by atoms with Crippen molar-refractivity contribution < 1.29 is 22.4 Å². The molecule has 2 aromatic carbocycles. The summed E-state index contributed by atoms with van der Waals surface area (Å²) in [6.07, 6.45) is 3.83. The molecular weight excluding hydrogens is 407 g/mol. The van der Waals surface area contributed by atoms with Crippen molar-refractivity contribution in [2.45, 2.75) is 42.9 Å². The van der Waals surface area contributed by atoms with Crippen molar-refractivity contribution in [2.24, 2.45) is 0 Å². The predicted octanol–water partition coefficient (Wildman–Crippen LogP) is 3.23. The number of benzene rings is 2. The second-order valence-electron chi connectivity index (χ2n) is 7.86. The molecule has 0 spiro atoms. The van der Waals surface area contributed by atoms with E-state index in [-0.39, 0.29) is 33.8 Å². The summed E-state index contributed by atoms with van der Waals surface area (Å²) in [4.78, 5) is 24.9. The fraction of sp³-hybridized carbons (Fsp3) is 0.364. The summed E-state index contributed by atoms with van der Waals surface area (Å²) in [5.41, 5.74) is 1.01. The monoisotopic (exact) mass is 430 g/mol. The molecule has 158 valence electrons. The Hall–Kier alpha value is -2.74. The molecule has 1 aliphatic carbocycles. The molecule has 1 saturated carbocycles. The summed E-state index contributed by atoms with van der Waals surface area (Å²) in [6.45, 7) is 2.00. The van der Waals surface area contributed by atoms with Crippen LogP contribution in [0.25, 0.3) is 0 Å². The van der Waals surface area contributed by atoms with Gasteiger partial charge in [-0.3, -0.25) is 9.59 Å². The summed E-state index contributed by atoms with van der Waals surface area (Å²) in [5, 5.41) is 2.92. The molecule has 0 radical (unpaired) electrons. The molecule has 2 aliphatic rings. The SMILES string of the molecule is CCN1C(=O)c2ccc(C(=O)NCC3(c4ccc(F)cc4)CCCC3)cc2S1(=O)=O. The number of rotatable bonds is 5. The number of hydrogen-bond acceptors (Lipinski definition) is 4. The Morgan fingerprint density at radius 3 is 2.43 bits per heavy atom. The van der Waals surface area contributed by atoms with Gasteiger partial charge in [0, 0.05) is 24.1 Å². The minimum atomic E-state index is -3.92. The van der Waals surface area contributed by atoms with Gasteiger partial charge in [-0.15, -0.1) is 0 Å². The van der Waals surface area contributed by atoms with E-state index in [0.717, 1.165) is 35.6 Å². The normalized spacial score (nSPS) is 19.0. The molecule has 0 aromatic heterocycles. The molecule has 1 heterocycles. The van der Waals surface area contributed by atoms with Crippen LogP contribution in [0.3, 0.4) is 0 Å². The number of carbonyl (C=O) groups excluding carboxylic acids is 2. The molecule has 4 rings (SSSR count). The van der Waals surface area contributed by atoms with Gasteiger partial charge in [0.05, 0.1) is 5.56 Å². The van der Waals surface area contributed by atoms with E-state index in [0.29, 0.717) is 6.54 Å². The van der Waals surface area contributed by atoms with Crippen molar-refractivity contribution in [1.29, 1.82) is 0 Å². The molecule has 1 N–H and O–H groups in total. The molecule has 30 heavy (non-hydrogen) atoms. The number of nitrogens with zero attached hydrogens (tertiary/aromatic N) is 1. The van der Waals surface area contributed by atoms with Crippen LogP contribution >= 0.6 is 0 Å². The topological polar surface area (TPSA) is 83.6 Å². The first-order valence-corrected chi connectivity index (χ1v) is 11.5. The third kappa shape index (κ3) is 3.29. The van der Waals surface area contributed by atoms with Gasteiger partial charge < -0.3 is 5.32 Å². The number of carbonyl (C=O) groups is 2. The lowest BCUT2D eigenvalue weighted by Gasteiger charge is -2.30. The summed E-state index contributed by atoms with van der Waals surface area (Å²) >= 11 is 0. The lowest BCUT2D eigenvalue weighted by molar-refractivity contribution is 0.0874. The van der Waals surface area contributed by atoms with Crippen molar-refractivity contribution in [3.05, 3.63) is 65.0 Å². The van der Waals surface area contributed by atoms with Crippen LogP contribution in [0, 0.1) is 5.82 Å². The van der Waals surface area contributed by atoms with Gasteiger partial charge in [-0.05, 0) is 55.7 Å². The summed E-state index contributed by atoms with van der Waals surface area (Å²) in [6, 6.07) is 10.5. The Morgan fingerprint density at radius 2 is 1.80 bits per heavy atom. The molecule has 6 nitrogen and oxygen atoms in total. The number of nitrogens with one attached hydrogen (secondary N) is 1. The molecule has 2 amide bonds. The highest BCUT2D eigenvalue weighted by Gasteiger charge is 2.41. The van der Waals surface area contributed by atoms with E-state index in [9.17, 15) is 22.4 Å². The maximum absolute atomic E-state index is 13.3. The number of halogens is 1. The van der Waals surface area contributed by atoms with Gasteiger partial charge in [-0.2, -0.15) is 0 Å². The van der Waals surface area contributed by atoms with Gasteiger partial charge in [0.1, 0.15) is 10.7 Å². The number of fused-ring (bicyclic) bond motifs is 1. The summed E-state index contributed by atoms with van der Waals surface area (Å²) < 4.78 is 39.3. The maximum Gasteiger partial charge on any atom is 0.268 e. The standard InChI is InChI=1S/C22H23FN2O4S/c1-2-25-21(27)18-10-5-15(13-19(18)30(25,28)29)20(26)24-14-22(11-3-4-12-22)16-6-8-17(23)9-7-16/h5-10,13H,2-4,11-12,14H2,1H3,(H,24,26). The van der Waals surface area contributed by atoms with E-state index in [4.69, 9.17) is 0 Å². The van der Waals surface area contributed by atoms with E-state index in [1.54, 1.807) is 19.1 Å². The summed E-state index contributed by atoms with van der Waals surface area (Å²) in [7, 11) is -3.92. The van der Waals surface area contributed by atoms with Crippen molar-refractivity contribution in [1.82, 2.24) is 9.62 Å². The third-order valence-corrected chi connectivity index (χ3v) is 8.06. The molecule has 0 saturated heterocycles. The quantitative estimate of drug-likeness (QED) is 0.789. The average Bonchev–Trinajstić information content (AvgIpc) is 3.28. The first-order valence-electron chi connectivity index (χ1n) is 10.0. The van der Waals surface area contributed by atoms with Crippen molar-refractivity contribution in [3.63, 3.8) is 0 Å². The highest BCUT2D eigenvalue weighted by Crippen LogP contribution is 2.40. The van der Waals surface area contributed by atoms with Crippen LogP contribution < -0.4 is 5.32 Å². The van der Waals surface area contributed by atoms with Crippen LogP contribution in [0.5, 0.6) is 0 Å². The molecule has 0 unspecified atom stereocenters. The number of sulfonamides is 1. The Bertz CT molecular complexity index is 1110. The fourth-order valence-corrected chi connectivity index (χ4v) is 6.11. The van der Waals surface area contributed by atoms with Gasteiger partial charge >= 0.3 is 0 Å². The van der Waals surface area contributed by atoms with Gasteiger partial charge in [0.15, 0.2) is 0 Å². The van der Waals surface area contributed by atoms with Crippen LogP contribution in [-0.2, 0) is 15.4 Å². The van der Waals surface area contributed by atoms with E-state index in [1.807, 2.05) is 0 Å². The van der Waals surface area contributed by atoms with E-state index in [2.05, 4.69) is 5.32 Å². The number of hydrogen-bond donors (Lipinski definition) is 1. The average molecular weight is 431 g/mol. The smallest absolute Gasteiger partial charge is 0.268 e.